The van der Waals surface area contributed by atoms with Gasteiger partial charge in [-0.15, -0.1) is 0 Å². The van der Waals surface area contributed by atoms with E-state index >= 15 is 0 Å². The fourth-order valence-corrected chi connectivity index (χ4v) is 2.09. The molecule has 0 radical (unpaired) electrons. The topological polar surface area (TPSA) is 63.9 Å². The first-order chi connectivity index (χ1) is 10.0. The van der Waals surface area contributed by atoms with Gasteiger partial charge in [0.15, 0.2) is 5.75 Å². The lowest BCUT2D eigenvalue weighted by atomic mass is 10.2. The van der Waals surface area contributed by atoms with Crippen molar-refractivity contribution in [1.29, 1.82) is 0 Å². The minimum atomic E-state index is -4.60. The number of halogens is 6. The molecule has 0 saturated carbocycles. The first-order valence-corrected chi connectivity index (χ1v) is 6.65. The van der Waals surface area contributed by atoms with Crippen molar-refractivity contribution in [2.75, 3.05) is 0 Å². The van der Waals surface area contributed by atoms with E-state index in [0.717, 1.165) is 0 Å². The predicted octanol–water partition coefficient (Wildman–Crippen LogP) is 3.40. The second kappa shape index (κ2) is 7.21. The van der Waals surface area contributed by atoms with Gasteiger partial charge in [-0.05, 0) is 30.7 Å². The molecule has 0 aromatic heterocycles. The van der Waals surface area contributed by atoms with E-state index in [9.17, 15) is 18.0 Å². The normalized spacial score (nSPS) is 12.0. The minimum Gasteiger partial charge on any atom is -0.402 e. The van der Waals surface area contributed by atoms with Crippen molar-refractivity contribution in [3.8, 4) is 5.75 Å². The summed E-state index contributed by atoms with van der Waals surface area (Å²) in [5.74, 6) is -0.499. The van der Waals surface area contributed by atoms with Crippen LogP contribution in [0.3, 0.4) is 0 Å². The second-order valence-electron chi connectivity index (χ2n) is 4.00. The molecule has 22 heavy (non-hydrogen) atoms. The Morgan fingerprint density at radius 1 is 1.32 bits per heavy atom. The summed E-state index contributed by atoms with van der Waals surface area (Å²) in [5, 5.41) is 6.17. The summed E-state index contributed by atoms with van der Waals surface area (Å²) in [5.41, 5.74) is -0.772. The van der Waals surface area contributed by atoms with Crippen LogP contribution < -0.4 is 15.5 Å². The highest BCUT2D eigenvalue weighted by Gasteiger charge is 2.32. The first kappa shape index (κ1) is 18.6. The predicted molar refractivity (Wildman–Crippen MR) is 77.2 cm³/mol. The Labute approximate surface area is 138 Å². The molecular formula is C12H9Cl3F3N2O2+. The molecule has 0 aliphatic carbocycles. The van der Waals surface area contributed by atoms with Gasteiger partial charge in [0, 0.05) is 5.70 Å². The SMILES string of the molecule is C/C(=C/C(=[NH2+])Oc1c(Cl)cc(C(F)(F)F)cc1Cl)NC(=O)Cl. The van der Waals surface area contributed by atoms with Crippen LogP contribution in [0.15, 0.2) is 23.9 Å². The summed E-state index contributed by atoms with van der Waals surface area (Å²) in [6.45, 7) is 1.46. The highest BCUT2D eigenvalue weighted by molar-refractivity contribution is 6.63. The third-order valence-corrected chi connectivity index (χ3v) is 2.86. The molecule has 1 aromatic carbocycles. The maximum Gasteiger partial charge on any atom is 0.416 e. The van der Waals surface area contributed by atoms with E-state index < -0.39 is 17.1 Å². The number of hydrogen-bond acceptors (Lipinski definition) is 2. The minimum absolute atomic E-state index is 0.241. The second-order valence-corrected chi connectivity index (χ2v) is 5.15. The number of ether oxygens (including phenoxy) is 1. The molecule has 3 N–H and O–H groups in total. The van der Waals surface area contributed by atoms with Crippen LogP contribution in [0, 0.1) is 0 Å². The zero-order chi connectivity index (χ0) is 17.1. The number of nitrogens with two attached hydrogens (primary N) is 1. The largest absolute Gasteiger partial charge is 0.416 e. The smallest absolute Gasteiger partial charge is 0.402 e. The van der Waals surface area contributed by atoms with E-state index in [2.05, 4.69) is 5.32 Å². The summed E-state index contributed by atoms with van der Waals surface area (Å²) >= 11 is 16.5. The monoisotopic (exact) mass is 375 g/mol. The van der Waals surface area contributed by atoms with E-state index in [1.165, 1.54) is 13.0 Å². The van der Waals surface area contributed by atoms with Gasteiger partial charge in [-0.3, -0.25) is 4.79 Å². The first-order valence-electron chi connectivity index (χ1n) is 5.52. The molecule has 0 unspecified atom stereocenters. The standard InChI is InChI=1S/C12H8Cl3F3N2O2/c1-5(20-11(15)21)2-9(19)22-10-7(13)3-6(4-8(10)14)12(16,17)18/h2-4,19H,1H3,(H,20,21)/p+1/b5-2-,19-9?. The quantitative estimate of drug-likeness (QED) is 0.367. The highest BCUT2D eigenvalue weighted by atomic mass is 35.5. The molecule has 120 valence electrons. The van der Waals surface area contributed by atoms with Crippen molar-refractivity contribution < 1.29 is 28.1 Å². The van der Waals surface area contributed by atoms with E-state index in [4.69, 9.17) is 44.9 Å². The van der Waals surface area contributed by atoms with Crippen LogP contribution in [0.2, 0.25) is 10.0 Å². The van der Waals surface area contributed by atoms with Crippen LogP contribution in [0.4, 0.5) is 18.0 Å². The molecule has 0 heterocycles. The van der Waals surface area contributed by atoms with Gasteiger partial charge in [-0.1, -0.05) is 23.2 Å². The number of hydrogen-bond donors (Lipinski definition) is 2. The average molecular weight is 377 g/mol. The third-order valence-electron chi connectivity index (χ3n) is 2.20. The Balaban J connectivity index is 3.00. The van der Waals surface area contributed by atoms with Gasteiger partial charge >= 0.3 is 17.4 Å². The molecule has 0 spiro atoms. The van der Waals surface area contributed by atoms with Crippen LogP contribution in [-0.4, -0.2) is 11.3 Å². The van der Waals surface area contributed by atoms with Gasteiger partial charge in [-0.2, -0.15) is 13.2 Å². The number of carbonyl (C=O) groups is 1. The van der Waals surface area contributed by atoms with Crippen LogP contribution in [0.5, 0.6) is 5.75 Å². The maximum atomic E-state index is 12.6. The summed E-state index contributed by atoms with van der Waals surface area (Å²) in [4.78, 5) is 10.6. The number of allylic oxidation sites excluding steroid dienone is 1. The van der Waals surface area contributed by atoms with Gasteiger partial charge in [-0.25, -0.2) is 5.41 Å². The van der Waals surface area contributed by atoms with Gasteiger partial charge < -0.3 is 10.1 Å². The number of alkyl halides is 3. The molecule has 1 amide bonds. The summed E-state index contributed by atoms with van der Waals surface area (Å²) < 4.78 is 42.8. The molecule has 4 nitrogen and oxygen atoms in total. The number of amides is 1. The van der Waals surface area contributed by atoms with E-state index in [0.29, 0.717) is 12.1 Å². The van der Waals surface area contributed by atoms with Crippen molar-refractivity contribution in [1.82, 2.24) is 5.32 Å². The number of nitrogens with one attached hydrogen (secondary N) is 1. The molecule has 0 aliphatic heterocycles. The molecule has 0 fully saturated rings. The molecule has 1 rings (SSSR count). The number of carbonyl (C=O) groups excluding carboxylic acids is 1. The highest BCUT2D eigenvalue weighted by Crippen LogP contribution is 2.39. The van der Waals surface area contributed by atoms with Crippen molar-refractivity contribution >= 4 is 46.1 Å². The van der Waals surface area contributed by atoms with Crippen LogP contribution in [-0.2, 0) is 6.18 Å². The van der Waals surface area contributed by atoms with E-state index in [1.54, 1.807) is 0 Å². The zero-order valence-corrected chi connectivity index (χ0v) is 13.2. The molecule has 0 bridgehead atoms. The van der Waals surface area contributed by atoms with Crippen molar-refractivity contribution in [2.45, 2.75) is 13.1 Å². The average Bonchev–Trinajstić information content (AvgIpc) is 2.30. The Morgan fingerprint density at radius 3 is 2.23 bits per heavy atom. The third kappa shape index (κ3) is 5.40. The lowest BCUT2D eigenvalue weighted by Crippen LogP contribution is -2.42. The van der Waals surface area contributed by atoms with Crippen LogP contribution >= 0.6 is 34.8 Å². The number of benzene rings is 1. The van der Waals surface area contributed by atoms with Crippen molar-refractivity contribution in [2.24, 2.45) is 0 Å². The molecule has 0 aliphatic rings. The molecular weight excluding hydrogens is 367 g/mol. The molecule has 0 atom stereocenters. The fraction of sp³-hybridized carbons (Fsp3) is 0.167. The number of rotatable bonds is 3. The van der Waals surface area contributed by atoms with E-state index in [-0.39, 0.29) is 27.4 Å². The van der Waals surface area contributed by atoms with Gasteiger partial charge in [0.1, 0.15) is 0 Å². The zero-order valence-electron chi connectivity index (χ0n) is 10.9. The van der Waals surface area contributed by atoms with Gasteiger partial charge in [0.2, 0.25) is 0 Å². The summed E-state index contributed by atoms with van der Waals surface area (Å²) in [6, 6.07) is 1.32. The lowest BCUT2D eigenvalue weighted by Gasteiger charge is -2.11. The van der Waals surface area contributed by atoms with Crippen LogP contribution in [0.25, 0.3) is 0 Å². The molecule has 1 aromatic rings. The molecule has 10 heteroatoms. The van der Waals surface area contributed by atoms with Crippen molar-refractivity contribution in [3.05, 3.63) is 39.5 Å². The maximum absolute atomic E-state index is 12.6. The summed E-state index contributed by atoms with van der Waals surface area (Å²) in [7, 11) is 0. The Kier molecular flexibility index (Phi) is 6.10. The Morgan fingerprint density at radius 2 is 1.82 bits per heavy atom. The Hall–Kier alpha value is -1.44. The van der Waals surface area contributed by atoms with E-state index in [1.807, 2.05) is 0 Å². The fourth-order valence-electron chi connectivity index (χ4n) is 1.37. The molecule has 0 saturated heterocycles. The lowest BCUT2D eigenvalue weighted by molar-refractivity contribution is -0.137. The van der Waals surface area contributed by atoms with Gasteiger partial charge in [0.05, 0.1) is 21.7 Å². The summed E-state index contributed by atoms with van der Waals surface area (Å²) in [6.07, 6.45) is -3.41. The Bertz CT molecular complexity index is 622. The van der Waals surface area contributed by atoms with Crippen LogP contribution in [0.1, 0.15) is 12.5 Å². The van der Waals surface area contributed by atoms with Crippen molar-refractivity contribution in [3.63, 3.8) is 0 Å². The van der Waals surface area contributed by atoms with Gasteiger partial charge in [0.25, 0.3) is 0 Å².